The third-order valence-electron chi connectivity index (χ3n) is 6.50. The number of nitrogens with zero attached hydrogens (tertiary/aromatic N) is 4. The number of hydrogen-bond acceptors (Lipinski definition) is 3. The van der Waals surface area contributed by atoms with E-state index in [9.17, 15) is 4.79 Å². The molecule has 2 fully saturated rings. The highest BCUT2D eigenvalue weighted by atomic mass is 16.2. The summed E-state index contributed by atoms with van der Waals surface area (Å²) in [5.41, 5.74) is 5.41. The SMILES string of the molecule is Cc1cccc2ncn(Cc3ccc(C(=O)N4CCC(N5CCCC5)C4)cc3)c12. The minimum atomic E-state index is 0.169. The molecule has 1 unspecified atom stereocenters. The topological polar surface area (TPSA) is 41.4 Å². The standard InChI is InChI=1S/C24H28N4O/c1-18-5-4-6-22-23(18)28(17-25-22)15-19-7-9-20(10-8-19)24(29)27-14-11-21(16-27)26-12-2-3-13-26/h4-10,17,21H,2-3,11-16H2,1H3. The van der Waals surface area contributed by atoms with Crippen molar-refractivity contribution in [1.29, 1.82) is 0 Å². The van der Waals surface area contributed by atoms with E-state index in [0.29, 0.717) is 6.04 Å². The van der Waals surface area contributed by atoms with Crippen LogP contribution >= 0.6 is 0 Å². The summed E-state index contributed by atoms with van der Waals surface area (Å²) in [5.74, 6) is 0.169. The number of aromatic nitrogens is 2. The summed E-state index contributed by atoms with van der Waals surface area (Å²) in [7, 11) is 0. The summed E-state index contributed by atoms with van der Waals surface area (Å²) in [6.45, 7) is 7.03. The van der Waals surface area contributed by atoms with Gasteiger partial charge in [-0.15, -0.1) is 0 Å². The fourth-order valence-electron chi connectivity index (χ4n) is 4.89. The molecule has 3 aromatic rings. The van der Waals surface area contributed by atoms with Crippen molar-refractivity contribution in [3.8, 4) is 0 Å². The maximum Gasteiger partial charge on any atom is 0.253 e. The molecule has 1 amide bonds. The number of amides is 1. The van der Waals surface area contributed by atoms with E-state index in [1.165, 1.54) is 42.6 Å². The third-order valence-corrected chi connectivity index (χ3v) is 6.50. The van der Waals surface area contributed by atoms with Crippen LogP contribution in [0.1, 0.15) is 40.7 Å². The molecule has 0 aliphatic carbocycles. The molecule has 2 aliphatic rings. The number of para-hydroxylation sites is 1. The smallest absolute Gasteiger partial charge is 0.253 e. The van der Waals surface area contributed by atoms with E-state index in [4.69, 9.17) is 0 Å². The minimum Gasteiger partial charge on any atom is -0.337 e. The van der Waals surface area contributed by atoms with Crippen LogP contribution in [0.2, 0.25) is 0 Å². The third kappa shape index (κ3) is 3.55. The van der Waals surface area contributed by atoms with Gasteiger partial charge in [-0.3, -0.25) is 9.69 Å². The Hall–Kier alpha value is -2.66. The van der Waals surface area contributed by atoms with E-state index in [0.717, 1.165) is 37.1 Å². The maximum absolute atomic E-state index is 12.9. The molecule has 0 radical (unpaired) electrons. The number of benzene rings is 2. The first-order valence-corrected chi connectivity index (χ1v) is 10.7. The molecule has 1 atom stereocenters. The van der Waals surface area contributed by atoms with Crippen molar-refractivity contribution in [3.05, 3.63) is 65.5 Å². The highest BCUT2D eigenvalue weighted by Crippen LogP contribution is 2.23. The molecule has 0 N–H and O–H groups in total. The number of aryl methyl sites for hydroxylation is 1. The Morgan fingerprint density at radius 1 is 1.07 bits per heavy atom. The molecule has 0 saturated carbocycles. The van der Waals surface area contributed by atoms with Crippen LogP contribution in [0, 0.1) is 6.92 Å². The number of hydrogen-bond donors (Lipinski definition) is 0. The second kappa shape index (κ2) is 7.64. The Labute approximate surface area is 171 Å². The van der Waals surface area contributed by atoms with Crippen LogP contribution in [0.5, 0.6) is 0 Å². The molecule has 2 aromatic carbocycles. The predicted molar refractivity (Wildman–Crippen MR) is 115 cm³/mol. The maximum atomic E-state index is 12.9. The highest BCUT2D eigenvalue weighted by molar-refractivity contribution is 5.94. The number of carbonyl (C=O) groups excluding carboxylic acids is 1. The molecule has 29 heavy (non-hydrogen) atoms. The van der Waals surface area contributed by atoms with Crippen molar-refractivity contribution >= 4 is 16.9 Å². The van der Waals surface area contributed by atoms with Crippen LogP contribution in [0.15, 0.2) is 48.8 Å². The molecule has 150 valence electrons. The van der Waals surface area contributed by atoms with Crippen LogP contribution in [-0.2, 0) is 6.54 Å². The Morgan fingerprint density at radius 3 is 2.66 bits per heavy atom. The average molecular weight is 389 g/mol. The van der Waals surface area contributed by atoms with Crippen molar-refractivity contribution in [2.24, 2.45) is 0 Å². The van der Waals surface area contributed by atoms with Gasteiger partial charge in [0.2, 0.25) is 0 Å². The zero-order chi connectivity index (χ0) is 19.8. The van der Waals surface area contributed by atoms with E-state index in [-0.39, 0.29) is 5.91 Å². The summed E-state index contributed by atoms with van der Waals surface area (Å²) < 4.78 is 2.18. The summed E-state index contributed by atoms with van der Waals surface area (Å²) in [6.07, 6.45) is 5.62. The Bertz CT molecular complexity index is 1020. The molecule has 0 spiro atoms. The Kier molecular flexibility index (Phi) is 4.84. The molecule has 5 nitrogen and oxygen atoms in total. The summed E-state index contributed by atoms with van der Waals surface area (Å²) in [6, 6.07) is 14.9. The predicted octanol–water partition coefficient (Wildman–Crippen LogP) is 3.70. The first kappa shape index (κ1) is 18.4. The molecule has 5 heteroatoms. The fraction of sp³-hybridized carbons (Fsp3) is 0.417. The first-order chi connectivity index (χ1) is 14.2. The number of fused-ring (bicyclic) bond motifs is 1. The second-order valence-corrected chi connectivity index (χ2v) is 8.45. The van der Waals surface area contributed by atoms with E-state index in [2.05, 4.69) is 39.6 Å². The summed E-state index contributed by atoms with van der Waals surface area (Å²) in [4.78, 5) is 22.1. The quantitative estimate of drug-likeness (QED) is 0.684. The van der Waals surface area contributed by atoms with Crippen molar-refractivity contribution in [3.63, 3.8) is 0 Å². The largest absolute Gasteiger partial charge is 0.337 e. The zero-order valence-corrected chi connectivity index (χ0v) is 17.1. The molecule has 1 aromatic heterocycles. The normalized spacial score (nSPS) is 20.0. The van der Waals surface area contributed by atoms with Gasteiger partial charge in [-0.25, -0.2) is 4.98 Å². The highest BCUT2D eigenvalue weighted by Gasteiger charge is 2.31. The second-order valence-electron chi connectivity index (χ2n) is 8.45. The van der Waals surface area contributed by atoms with E-state index in [1.54, 1.807) is 0 Å². The van der Waals surface area contributed by atoms with Gasteiger partial charge in [0.05, 0.1) is 17.4 Å². The van der Waals surface area contributed by atoms with Crippen LogP contribution in [0.25, 0.3) is 11.0 Å². The number of imidazole rings is 1. The first-order valence-electron chi connectivity index (χ1n) is 10.7. The van der Waals surface area contributed by atoms with Crippen molar-refractivity contribution in [1.82, 2.24) is 19.4 Å². The number of likely N-dealkylation sites (tertiary alicyclic amines) is 2. The van der Waals surface area contributed by atoms with Crippen LogP contribution in [0.3, 0.4) is 0 Å². The summed E-state index contributed by atoms with van der Waals surface area (Å²) in [5, 5.41) is 0. The van der Waals surface area contributed by atoms with Crippen LogP contribution in [-0.4, -0.2) is 57.5 Å². The van der Waals surface area contributed by atoms with Gasteiger partial charge in [0.15, 0.2) is 0 Å². The van der Waals surface area contributed by atoms with E-state index in [1.807, 2.05) is 35.5 Å². The monoisotopic (exact) mass is 388 g/mol. The van der Waals surface area contributed by atoms with Crippen LogP contribution < -0.4 is 0 Å². The van der Waals surface area contributed by atoms with Gasteiger partial charge >= 0.3 is 0 Å². The van der Waals surface area contributed by atoms with Gasteiger partial charge in [-0.05, 0) is 68.6 Å². The van der Waals surface area contributed by atoms with Crippen molar-refractivity contribution < 1.29 is 4.79 Å². The molecule has 2 saturated heterocycles. The minimum absolute atomic E-state index is 0.169. The average Bonchev–Trinajstić information content (AvgIpc) is 3.49. The molecule has 0 bridgehead atoms. The van der Waals surface area contributed by atoms with Crippen LogP contribution in [0.4, 0.5) is 0 Å². The number of carbonyl (C=O) groups is 1. The number of rotatable bonds is 4. The molecule has 2 aliphatic heterocycles. The van der Waals surface area contributed by atoms with Gasteiger partial charge in [-0.2, -0.15) is 0 Å². The Balaban J connectivity index is 1.27. The zero-order valence-electron chi connectivity index (χ0n) is 17.1. The summed E-state index contributed by atoms with van der Waals surface area (Å²) >= 11 is 0. The molecule has 5 rings (SSSR count). The lowest BCUT2D eigenvalue weighted by Gasteiger charge is -2.23. The lowest BCUT2D eigenvalue weighted by molar-refractivity contribution is 0.0780. The molecule has 3 heterocycles. The lowest BCUT2D eigenvalue weighted by atomic mass is 10.1. The van der Waals surface area contributed by atoms with Gasteiger partial charge in [-0.1, -0.05) is 24.3 Å². The van der Waals surface area contributed by atoms with Gasteiger partial charge in [0.25, 0.3) is 5.91 Å². The van der Waals surface area contributed by atoms with Gasteiger partial charge in [0.1, 0.15) is 0 Å². The lowest BCUT2D eigenvalue weighted by Crippen LogP contribution is -2.37. The van der Waals surface area contributed by atoms with Gasteiger partial charge in [0, 0.05) is 31.2 Å². The van der Waals surface area contributed by atoms with Crippen molar-refractivity contribution in [2.75, 3.05) is 26.2 Å². The molecular weight excluding hydrogens is 360 g/mol. The van der Waals surface area contributed by atoms with E-state index < -0.39 is 0 Å². The Morgan fingerprint density at radius 2 is 1.86 bits per heavy atom. The van der Waals surface area contributed by atoms with Crippen molar-refractivity contribution in [2.45, 2.75) is 38.8 Å². The van der Waals surface area contributed by atoms with Gasteiger partial charge < -0.3 is 9.47 Å². The van der Waals surface area contributed by atoms with E-state index >= 15 is 0 Å². The molecular formula is C24H28N4O. The fourth-order valence-corrected chi connectivity index (χ4v) is 4.89.